The van der Waals surface area contributed by atoms with Gasteiger partial charge in [0.2, 0.25) is 0 Å². The lowest BCUT2D eigenvalue weighted by molar-refractivity contribution is -0.275. The van der Waals surface area contributed by atoms with Gasteiger partial charge in [-0.2, -0.15) is 0 Å². The lowest BCUT2D eigenvalue weighted by atomic mass is 9.43. The van der Waals surface area contributed by atoms with E-state index in [9.17, 15) is 43.2 Å². The van der Waals surface area contributed by atoms with Crippen LogP contribution in [0.1, 0.15) is 326 Å². The molecule has 7 spiro atoms. The third-order valence-corrected chi connectivity index (χ3v) is 37.3. The van der Waals surface area contributed by atoms with E-state index in [0.29, 0.717) is 46.7 Å². The van der Waals surface area contributed by atoms with Gasteiger partial charge < -0.3 is 47.4 Å². The number of allylic oxidation sites excluding steroid dienone is 17. The van der Waals surface area contributed by atoms with Crippen molar-refractivity contribution in [3.63, 3.8) is 0 Å². The minimum Gasteiger partial charge on any atom is -0.461 e. The Hall–Kier alpha value is -10.4. The molecule has 0 amide bonds. The van der Waals surface area contributed by atoms with Crippen LogP contribution in [-0.4, -0.2) is 81.7 Å². The first-order valence-electron chi connectivity index (χ1n) is 54.7. The molecule has 19 nitrogen and oxygen atoms in total. The Bertz CT molecular complexity index is 5810. The van der Waals surface area contributed by atoms with Crippen molar-refractivity contribution in [3.8, 4) is 0 Å². The van der Waals surface area contributed by atoms with Crippen molar-refractivity contribution in [1.82, 2.24) is 0 Å². The zero-order valence-electron chi connectivity index (χ0n) is 84.1. The van der Waals surface area contributed by atoms with Crippen molar-refractivity contribution in [2.24, 2.45) is 87.8 Å². The van der Waals surface area contributed by atoms with Crippen LogP contribution in [0.5, 0.6) is 0 Å². The largest absolute Gasteiger partial charge is 0.461 e. The van der Waals surface area contributed by atoms with Crippen molar-refractivity contribution < 1.29 is 90.5 Å². The molecule has 20 atom stereocenters. The maximum absolute atomic E-state index is 13.0. The van der Waals surface area contributed by atoms with Gasteiger partial charge in [-0.3, -0.25) is 0 Å². The van der Waals surface area contributed by atoms with Crippen LogP contribution in [0.25, 0.3) is 0 Å². The summed E-state index contributed by atoms with van der Waals surface area (Å²) < 4.78 is 60.7. The van der Waals surface area contributed by atoms with Crippen LogP contribution in [0.2, 0.25) is 0 Å². The number of rotatable bonds is 20. The fourth-order valence-corrected chi connectivity index (χ4v) is 32.4. The average molecular weight is 1900 g/mol. The van der Waals surface area contributed by atoms with E-state index in [4.69, 9.17) is 47.4 Å². The molecule has 0 aromatic heterocycles. The molecule has 19 heteroatoms. The minimum atomic E-state index is -0.794. The molecule has 0 N–H and O–H groups in total. The third kappa shape index (κ3) is 13.7. The van der Waals surface area contributed by atoms with Gasteiger partial charge in [0, 0.05) is 86.7 Å². The smallest absolute Gasteiger partial charge is 0.340 e. The Balaban J connectivity index is 0.000000104. The van der Waals surface area contributed by atoms with Gasteiger partial charge in [-0.15, -0.1) is 0 Å². The maximum atomic E-state index is 13.0. The zero-order chi connectivity index (χ0) is 97.4. The standard InChI is InChI=1S/C25H30O3.4C24H28O4/c1-4-6-12-22-24-14-13-17(15-20(24)16(3)27-22)25(21(24)9-5-2)19-11-8-7-10-18(19)23(26)28-25;1-3-9-19-20(10-4-2)24(18-14-8-6-12-16(18)22(26)28-24)23(19)17-13-7-5-11-15(17)21(25)27-23;2*1-3-5-11-19-16-13-12-14-17(8-4-2)24(21(14)20(16)23(26)27-19)18-10-7-6-9-15(18)22(25)28-24;1-3-5-7-18-16-10-9-15-14-11-12-24(21(15)20(16)23(26)27-18)17(13-14)22(25)28-19(24)8-6-4-2/h7,10,12,15,17,21H,3-6,8-9,11,13-14H2,1-2H3;5-6,11-12,19-20H,3-4,7-10,13-14H2,1-2H3;2*6,9,11,14,17,21H,3-5,7-8,10,12-13H2,1-2H3;7-8,13-15,21H,3-6,9-12H2,1-2H3/b22-12-;;2*19-11-;18-7-,19-8-/t17-,21-,24-,25+;;14-,17+,21+,24-;;14-,15?,21?,24+/m1.1.1/s1. The zero-order valence-corrected chi connectivity index (χ0v) is 84.1. The normalized spacial score (nSPS) is 38.0. The molecule has 10 aliphatic heterocycles. The summed E-state index contributed by atoms with van der Waals surface area (Å²) >= 11 is 0. The molecule has 4 bridgehead atoms. The van der Waals surface area contributed by atoms with Crippen molar-refractivity contribution in [1.29, 1.82) is 0 Å². The van der Waals surface area contributed by atoms with Crippen molar-refractivity contribution >= 4 is 53.7 Å². The van der Waals surface area contributed by atoms with Crippen molar-refractivity contribution in [2.75, 3.05) is 0 Å². The first-order valence-corrected chi connectivity index (χ1v) is 54.7. The van der Waals surface area contributed by atoms with Crippen LogP contribution >= 0.6 is 0 Å². The summed E-state index contributed by atoms with van der Waals surface area (Å²) in [5.41, 5.74) is 13.3. The van der Waals surface area contributed by atoms with Crippen LogP contribution in [0, 0.1) is 87.8 Å². The Labute approximate surface area is 826 Å². The highest BCUT2D eigenvalue weighted by molar-refractivity contribution is 6.04. The number of esters is 9. The number of carbonyl (C=O) groups is 9. The van der Waals surface area contributed by atoms with Gasteiger partial charge in [0.1, 0.15) is 51.4 Å². The van der Waals surface area contributed by atoms with E-state index >= 15 is 0 Å². The summed E-state index contributed by atoms with van der Waals surface area (Å²) in [6.07, 6.45) is 74.1. The molecular weight excluding hydrogens is 1760 g/mol. The summed E-state index contributed by atoms with van der Waals surface area (Å²) in [6.45, 7) is 25.9. The summed E-state index contributed by atoms with van der Waals surface area (Å²) in [6, 6.07) is 0. The third-order valence-electron chi connectivity index (χ3n) is 37.3. The second-order valence-electron chi connectivity index (χ2n) is 43.9. The van der Waals surface area contributed by atoms with Gasteiger partial charge in [0.05, 0.1) is 49.8 Å². The molecular formula is C121H142O19. The number of hydrogen-bond acceptors (Lipinski definition) is 19. The second kappa shape index (κ2) is 37.4. The first-order chi connectivity index (χ1) is 68.1. The lowest BCUT2D eigenvalue weighted by Crippen LogP contribution is -2.77. The molecule has 10 unspecified atom stereocenters. The number of ether oxygens (including phenoxy) is 10. The van der Waals surface area contributed by atoms with Crippen LogP contribution in [0.4, 0.5) is 0 Å². The first kappa shape index (κ1) is 95.7. The molecule has 10 heterocycles. The van der Waals surface area contributed by atoms with Crippen molar-refractivity contribution in [2.45, 2.75) is 354 Å². The van der Waals surface area contributed by atoms with Crippen molar-refractivity contribution in [3.05, 3.63) is 245 Å². The van der Waals surface area contributed by atoms with Gasteiger partial charge in [0.15, 0.2) is 11.2 Å². The predicted octanol–water partition coefficient (Wildman–Crippen LogP) is 25.6. The topological polar surface area (TPSA) is 246 Å². The summed E-state index contributed by atoms with van der Waals surface area (Å²) in [7, 11) is 0. The average Bonchev–Trinajstić information content (AvgIpc) is 1.44. The number of fused-ring (bicyclic) bond motifs is 13. The molecule has 2 saturated heterocycles. The van der Waals surface area contributed by atoms with E-state index in [2.05, 4.69) is 149 Å². The SMILES string of the molecule is C=C1O/C(=C\CCC)[C@]23CC[C@H](C=C12)[C@@]1(OC(=O)C2=C1CCC=C2)[C@@H]3CCC.CCC/C=C1\OC(=O)C2=C1CCC1C(CCC)C3(OC(=O)C4=C3CCC=C4)C21.CCC/C=C1\OC(=O)C2=C1CCC1C2[C@@]23CC[C@@H]1C=C2C(=O)O/C3=C\CCC.CCC/C=C1\OC(=O)C2=C1CC[C@H]1[C@@H]2[C@@]2(OC(=O)C3=C2CCC=C3)[C@H]1CCC.CCCC1C(CCC)C2(OC(=O)C3=C2CCC=C3)C12OC(=O)C1=C2CCC=C1. The fraction of sp³-hybridized carbons (Fsp3) is 0.579. The molecule has 0 aromatic rings. The molecule has 17 aliphatic carbocycles. The highest BCUT2D eigenvalue weighted by atomic mass is 16.6. The van der Waals surface area contributed by atoms with Crippen LogP contribution in [-0.2, 0) is 90.5 Å². The van der Waals surface area contributed by atoms with Gasteiger partial charge >= 0.3 is 53.7 Å². The Morgan fingerprint density at radius 1 is 0.321 bits per heavy atom. The summed E-state index contributed by atoms with van der Waals surface area (Å²) in [5, 5.41) is 0. The lowest BCUT2D eigenvalue weighted by Gasteiger charge is -2.65. The molecule has 740 valence electrons. The molecule has 0 radical (unpaired) electrons. The van der Waals surface area contributed by atoms with E-state index in [-0.39, 0.29) is 101 Å². The predicted molar refractivity (Wildman–Crippen MR) is 529 cm³/mol. The van der Waals surface area contributed by atoms with Gasteiger partial charge in [-0.25, -0.2) is 43.2 Å². The molecule has 0 aromatic carbocycles. The molecule has 7 fully saturated rings. The molecule has 5 saturated carbocycles. The number of carbonyl (C=O) groups excluding carboxylic acids is 9. The Morgan fingerprint density at radius 3 is 1.10 bits per heavy atom. The summed E-state index contributed by atoms with van der Waals surface area (Å²) in [5.74, 6) is 6.20. The maximum Gasteiger partial charge on any atom is 0.340 e. The van der Waals surface area contributed by atoms with Crippen LogP contribution in [0.3, 0.4) is 0 Å². The van der Waals surface area contributed by atoms with Crippen LogP contribution < -0.4 is 0 Å². The molecule has 140 heavy (non-hydrogen) atoms. The van der Waals surface area contributed by atoms with E-state index in [1.165, 1.54) is 11.1 Å². The van der Waals surface area contributed by atoms with Gasteiger partial charge in [0.25, 0.3) is 0 Å². The Morgan fingerprint density at radius 2 is 0.679 bits per heavy atom. The van der Waals surface area contributed by atoms with E-state index in [1.807, 2.05) is 30.4 Å². The van der Waals surface area contributed by atoms with E-state index in [0.717, 1.165) is 369 Å². The molecule has 27 aliphatic rings. The van der Waals surface area contributed by atoms with Gasteiger partial charge in [-0.1, -0.05) is 213 Å². The molecule has 27 rings (SSSR count). The number of cyclic esters (lactones) is 4. The highest BCUT2D eigenvalue weighted by Gasteiger charge is 2.83. The monoisotopic (exact) mass is 1900 g/mol. The van der Waals surface area contributed by atoms with Crippen LogP contribution in [0.15, 0.2) is 245 Å². The number of hydrogen-bond donors (Lipinski definition) is 0. The van der Waals surface area contributed by atoms with E-state index < -0.39 is 33.4 Å². The van der Waals surface area contributed by atoms with Gasteiger partial charge in [-0.05, 0) is 275 Å². The quantitative estimate of drug-likeness (QED) is 0.0812. The minimum absolute atomic E-state index is 0.0181. The second-order valence-corrected chi connectivity index (χ2v) is 43.9. The number of unbranched alkanes of at least 4 members (excludes halogenated alkanes) is 5. The highest BCUT2D eigenvalue weighted by Crippen LogP contribution is 2.77. The van der Waals surface area contributed by atoms with E-state index in [1.54, 1.807) is 0 Å². The summed E-state index contributed by atoms with van der Waals surface area (Å²) in [4.78, 5) is 116. The fourth-order valence-electron chi connectivity index (χ4n) is 32.4. The Kier molecular flexibility index (Phi) is 25.6.